The standard InChI is InChI=1S/C11H21N5O/c1-7(2)10(11(12)17)13-5-9-14-6-15-16(9)8(3)4/h6-8,10,13H,5H2,1-4H3,(H2,12,17). The predicted octanol–water partition coefficient (Wildman–Crippen LogP) is 0.459. The summed E-state index contributed by atoms with van der Waals surface area (Å²) in [6.45, 7) is 8.47. The van der Waals surface area contributed by atoms with Crippen molar-refractivity contribution in [1.82, 2.24) is 20.1 Å². The van der Waals surface area contributed by atoms with Gasteiger partial charge >= 0.3 is 0 Å². The van der Waals surface area contributed by atoms with Crippen molar-refractivity contribution in [3.8, 4) is 0 Å². The van der Waals surface area contributed by atoms with E-state index in [1.165, 1.54) is 6.33 Å². The van der Waals surface area contributed by atoms with Gasteiger partial charge in [0, 0.05) is 6.04 Å². The summed E-state index contributed by atoms with van der Waals surface area (Å²) in [5.41, 5.74) is 5.33. The van der Waals surface area contributed by atoms with Crippen molar-refractivity contribution in [3.05, 3.63) is 12.2 Å². The van der Waals surface area contributed by atoms with E-state index in [0.717, 1.165) is 5.82 Å². The van der Waals surface area contributed by atoms with E-state index in [4.69, 9.17) is 5.73 Å². The van der Waals surface area contributed by atoms with E-state index in [9.17, 15) is 4.79 Å². The van der Waals surface area contributed by atoms with Gasteiger partial charge in [-0.1, -0.05) is 13.8 Å². The van der Waals surface area contributed by atoms with Crippen LogP contribution in [0.1, 0.15) is 39.6 Å². The molecule has 0 fully saturated rings. The van der Waals surface area contributed by atoms with Crippen molar-refractivity contribution in [2.45, 2.75) is 46.3 Å². The minimum Gasteiger partial charge on any atom is -0.368 e. The maximum Gasteiger partial charge on any atom is 0.234 e. The van der Waals surface area contributed by atoms with Gasteiger partial charge in [0.1, 0.15) is 12.2 Å². The van der Waals surface area contributed by atoms with E-state index >= 15 is 0 Å². The highest BCUT2D eigenvalue weighted by Gasteiger charge is 2.19. The summed E-state index contributed by atoms with van der Waals surface area (Å²) >= 11 is 0. The molecule has 1 amide bonds. The number of amides is 1. The third-order valence-electron chi connectivity index (χ3n) is 2.59. The average Bonchev–Trinajstić information content (AvgIpc) is 2.64. The minimum absolute atomic E-state index is 0.155. The highest BCUT2D eigenvalue weighted by Crippen LogP contribution is 2.06. The first-order valence-corrected chi connectivity index (χ1v) is 5.84. The largest absolute Gasteiger partial charge is 0.368 e. The van der Waals surface area contributed by atoms with Crippen LogP contribution in [-0.4, -0.2) is 26.7 Å². The summed E-state index contributed by atoms with van der Waals surface area (Å²) in [5, 5.41) is 7.25. The molecule has 0 aliphatic heterocycles. The van der Waals surface area contributed by atoms with E-state index in [1.54, 1.807) is 0 Å². The number of primary amides is 1. The molecule has 6 heteroatoms. The predicted molar refractivity (Wildman–Crippen MR) is 65.1 cm³/mol. The Kier molecular flexibility index (Phi) is 4.62. The quantitative estimate of drug-likeness (QED) is 0.755. The van der Waals surface area contributed by atoms with Gasteiger partial charge in [0.25, 0.3) is 0 Å². The van der Waals surface area contributed by atoms with E-state index in [1.807, 2.05) is 32.4 Å². The molecule has 3 N–H and O–H groups in total. The van der Waals surface area contributed by atoms with Gasteiger partial charge < -0.3 is 5.73 Å². The van der Waals surface area contributed by atoms with Crippen LogP contribution < -0.4 is 11.1 Å². The van der Waals surface area contributed by atoms with Crippen molar-refractivity contribution in [2.75, 3.05) is 0 Å². The summed E-state index contributed by atoms with van der Waals surface area (Å²) in [6.07, 6.45) is 1.52. The van der Waals surface area contributed by atoms with Crippen LogP contribution in [0.2, 0.25) is 0 Å². The number of rotatable bonds is 6. The van der Waals surface area contributed by atoms with Gasteiger partial charge in [0.05, 0.1) is 12.6 Å². The molecular weight excluding hydrogens is 218 g/mol. The number of nitrogens with zero attached hydrogens (tertiary/aromatic N) is 3. The van der Waals surface area contributed by atoms with Crippen LogP contribution in [0.25, 0.3) is 0 Å². The number of nitrogens with two attached hydrogens (primary N) is 1. The zero-order valence-corrected chi connectivity index (χ0v) is 10.8. The Hall–Kier alpha value is -1.43. The molecule has 1 aromatic rings. The van der Waals surface area contributed by atoms with Crippen LogP contribution in [-0.2, 0) is 11.3 Å². The molecule has 1 aromatic heterocycles. The fraction of sp³-hybridized carbons (Fsp3) is 0.727. The molecule has 0 radical (unpaired) electrons. The zero-order chi connectivity index (χ0) is 13.0. The van der Waals surface area contributed by atoms with E-state index < -0.39 is 0 Å². The first-order chi connectivity index (χ1) is 7.93. The lowest BCUT2D eigenvalue weighted by Crippen LogP contribution is -2.44. The molecule has 1 heterocycles. The number of hydrogen-bond donors (Lipinski definition) is 2. The Bertz CT molecular complexity index is 372. The normalized spacial score (nSPS) is 13.3. The Morgan fingerprint density at radius 1 is 1.47 bits per heavy atom. The molecule has 17 heavy (non-hydrogen) atoms. The Morgan fingerprint density at radius 3 is 2.59 bits per heavy atom. The van der Waals surface area contributed by atoms with Crippen molar-refractivity contribution < 1.29 is 4.79 Å². The summed E-state index contributed by atoms with van der Waals surface area (Å²) in [7, 11) is 0. The molecule has 1 rings (SSSR count). The van der Waals surface area contributed by atoms with Crippen molar-refractivity contribution >= 4 is 5.91 Å². The number of hydrogen-bond acceptors (Lipinski definition) is 4. The van der Waals surface area contributed by atoms with Crippen LogP contribution in [0.4, 0.5) is 0 Å². The fourth-order valence-electron chi connectivity index (χ4n) is 1.70. The Balaban J connectivity index is 2.66. The topological polar surface area (TPSA) is 85.8 Å². The number of carbonyl (C=O) groups is 1. The van der Waals surface area contributed by atoms with Crippen LogP contribution in [0, 0.1) is 5.92 Å². The second kappa shape index (κ2) is 5.77. The monoisotopic (exact) mass is 239 g/mol. The van der Waals surface area contributed by atoms with E-state index in [-0.39, 0.29) is 23.9 Å². The van der Waals surface area contributed by atoms with Gasteiger partial charge in [0.15, 0.2) is 0 Å². The fourth-order valence-corrected chi connectivity index (χ4v) is 1.70. The van der Waals surface area contributed by atoms with E-state index in [0.29, 0.717) is 6.54 Å². The lowest BCUT2D eigenvalue weighted by molar-refractivity contribution is -0.121. The summed E-state index contributed by atoms with van der Waals surface area (Å²) in [5.74, 6) is 0.630. The molecule has 0 aliphatic carbocycles. The molecule has 96 valence electrons. The molecular formula is C11H21N5O. The van der Waals surface area contributed by atoms with Gasteiger partial charge in [-0.3, -0.25) is 10.1 Å². The Morgan fingerprint density at radius 2 is 2.12 bits per heavy atom. The summed E-state index contributed by atoms with van der Waals surface area (Å²) in [6, 6.07) is -0.0901. The highest BCUT2D eigenvalue weighted by atomic mass is 16.1. The molecule has 0 aliphatic rings. The third-order valence-corrected chi connectivity index (χ3v) is 2.59. The van der Waals surface area contributed by atoms with Crippen LogP contribution in [0.3, 0.4) is 0 Å². The molecule has 6 nitrogen and oxygen atoms in total. The molecule has 0 aromatic carbocycles. The van der Waals surface area contributed by atoms with Crippen molar-refractivity contribution in [3.63, 3.8) is 0 Å². The molecule has 0 bridgehead atoms. The maximum absolute atomic E-state index is 11.2. The van der Waals surface area contributed by atoms with E-state index in [2.05, 4.69) is 15.4 Å². The third kappa shape index (κ3) is 3.52. The molecule has 0 spiro atoms. The van der Waals surface area contributed by atoms with Gasteiger partial charge in [-0.25, -0.2) is 9.67 Å². The van der Waals surface area contributed by atoms with Gasteiger partial charge in [-0.05, 0) is 19.8 Å². The second-order valence-corrected chi connectivity index (χ2v) is 4.72. The maximum atomic E-state index is 11.2. The Labute approximate surface area is 102 Å². The number of nitrogens with one attached hydrogen (secondary N) is 1. The lowest BCUT2D eigenvalue weighted by Gasteiger charge is -2.19. The van der Waals surface area contributed by atoms with Crippen LogP contribution in [0.15, 0.2) is 6.33 Å². The summed E-state index contributed by atoms with van der Waals surface area (Å²) in [4.78, 5) is 15.4. The van der Waals surface area contributed by atoms with Crippen molar-refractivity contribution in [2.24, 2.45) is 11.7 Å². The minimum atomic E-state index is -0.340. The highest BCUT2D eigenvalue weighted by molar-refractivity contribution is 5.80. The van der Waals surface area contributed by atoms with Gasteiger partial charge in [-0.15, -0.1) is 0 Å². The zero-order valence-electron chi connectivity index (χ0n) is 10.8. The smallest absolute Gasteiger partial charge is 0.234 e. The number of carbonyl (C=O) groups excluding carboxylic acids is 1. The molecule has 1 unspecified atom stereocenters. The molecule has 1 atom stereocenters. The van der Waals surface area contributed by atoms with Crippen LogP contribution >= 0.6 is 0 Å². The number of aromatic nitrogens is 3. The molecule has 0 saturated heterocycles. The van der Waals surface area contributed by atoms with Crippen LogP contribution in [0.5, 0.6) is 0 Å². The first kappa shape index (κ1) is 13.6. The van der Waals surface area contributed by atoms with Gasteiger partial charge in [-0.2, -0.15) is 5.10 Å². The SMILES string of the molecule is CC(C)C(NCc1ncnn1C(C)C)C(N)=O. The average molecular weight is 239 g/mol. The van der Waals surface area contributed by atoms with Gasteiger partial charge in [0.2, 0.25) is 5.91 Å². The first-order valence-electron chi connectivity index (χ1n) is 5.84. The molecule has 0 saturated carbocycles. The van der Waals surface area contributed by atoms with Crippen molar-refractivity contribution in [1.29, 1.82) is 0 Å². The lowest BCUT2D eigenvalue weighted by atomic mass is 10.0. The second-order valence-electron chi connectivity index (χ2n) is 4.72. The summed E-state index contributed by atoms with van der Waals surface area (Å²) < 4.78 is 1.82.